The summed E-state index contributed by atoms with van der Waals surface area (Å²) < 4.78 is 5.73. The number of fused-ring (bicyclic) bond motifs is 1. The Bertz CT molecular complexity index is 760. The summed E-state index contributed by atoms with van der Waals surface area (Å²) in [5.74, 6) is 0.551. The number of halogens is 1. The van der Waals surface area contributed by atoms with E-state index in [0.717, 1.165) is 5.56 Å². The van der Waals surface area contributed by atoms with Gasteiger partial charge in [0, 0.05) is 22.7 Å². The van der Waals surface area contributed by atoms with Crippen molar-refractivity contribution in [3.8, 4) is 11.3 Å². The van der Waals surface area contributed by atoms with Crippen LogP contribution in [0.25, 0.3) is 22.3 Å². The molecular weight excluding hydrogens is 248 g/mol. The maximum Gasteiger partial charge on any atom is 0.193 e. The first-order valence-electron chi connectivity index (χ1n) is 5.53. The van der Waals surface area contributed by atoms with E-state index in [1.165, 1.54) is 6.07 Å². The van der Waals surface area contributed by atoms with Gasteiger partial charge in [0.15, 0.2) is 5.43 Å². The van der Waals surface area contributed by atoms with E-state index in [1.54, 1.807) is 18.2 Å². The second kappa shape index (κ2) is 4.31. The van der Waals surface area contributed by atoms with Crippen LogP contribution in [0.15, 0.2) is 63.8 Å². The molecule has 0 N–H and O–H groups in total. The maximum absolute atomic E-state index is 12.0. The Balaban J connectivity index is 2.30. The van der Waals surface area contributed by atoms with Crippen molar-refractivity contribution in [2.45, 2.75) is 0 Å². The highest BCUT2D eigenvalue weighted by Crippen LogP contribution is 2.23. The predicted octanol–water partition coefficient (Wildman–Crippen LogP) is 4.11. The molecule has 0 spiro atoms. The van der Waals surface area contributed by atoms with Gasteiger partial charge in [-0.15, -0.1) is 0 Å². The topological polar surface area (TPSA) is 30.2 Å². The van der Waals surface area contributed by atoms with Crippen LogP contribution in [0.1, 0.15) is 0 Å². The fourth-order valence-corrected chi connectivity index (χ4v) is 2.04. The maximum atomic E-state index is 12.0. The molecule has 0 radical (unpaired) electrons. The van der Waals surface area contributed by atoms with Crippen LogP contribution < -0.4 is 5.43 Å². The van der Waals surface area contributed by atoms with E-state index in [0.29, 0.717) is 21.8 Å². The molecule has 3 rings (SSSR count). The van der Waals surface area contributed by atoms with Gasteiger partial charge >= 0.3 is 0 Å². The Morgan fingerprint density at radius 1 is 0.944 bits per heavy atom. The van der Waals surface area contributed by atoms with E-state index < -0.39 is 0 Å². The molecule has 0 aliphatic heterocycles. The van der Waals surface area contributed by atoms with Crippen LogP contribution >= 0.6 is 11.6 Å². The molecule has 0 fully saturated rings. The molecular formula is C15H9ClO2. The third-order valence-electron chi connectivity index (χ3n) is 2.75. The Kier molecular flexibility index (Phi) is 2.65. The van der Waals surface area contributed by atoms with Crippen LogP contribution in [-0.2, 0) is 0 Å². The molecule has 3 heteroatoms. The summed E-state index contributed by atoms with van der Waals surface area (Å²) in [5.41, 5.74) is 1.32. The molecule has 2 nitrogen and oxygen atoms in total. The van der Waals surface area contributed by atoms with Crippen molar-refractivity contribution >= 4 is 22.6 Å². The molecule has 88 valence electrons. The highest BCUT2D eigenvalue weighted by molar-refractivity contribution is 6.31. The Hall–Kier alpha value is -2.06. The fourth-order valence-electron chi connectivity index (χ4n) is 1.87. The van der Waals surface area contributed by atoms with E-state index in [1.807, 2.05) is 30.3 Å². The van der Waals surface area contributed by atoms with Gasteiger partial charge in [-0.3, -0.25) is 4.79 Å². The Morgan fingerprint density at radius 3 is 2.50 bits per heavy atom. The summed E-state index contributed by atoms with van der Waals surface area (Å²) in [6.45, 7) is 0. The molecule has 0 atom stereocenters. The lowest BCUT2D eigenvalue weighted by atomic mass is 10.1. The summed E-state index contributed by atoms with van der Waals surface area (Å²) >= 11 is 5.91. The first-order chi connectivity index (χ1) is 8.74. The Labute approximate surface area is 108 Å². The van der Waals surface area contributed by atoms with Gasteiger partial charge in [0.2, 0.25) is 0 Å². The second-order valence-electron chi connectivity index (χ2n) is 3.98. The van der Waals surface area contributed by atoms with Crippen molar-refractivity contribution in [2.75, 3.05) is 0 Å². The van der Waals surface area contributed by atoms with Gasteiger partial charge < -0.3 is 4.42 Å². The van der Waals surface area contributed by atoms with Gasteiger partial charge in [-0.1, -0.05) is 41.9 Å². The largest absolute Gasteiger partial charge is 0.456 e. The number of rotatable bonds is 1. The van der Waals surface area contributed by atoms with E-state index in [2.05, 4.69) is 0 Å². The molecule has 1 heterocycles. The average molecular weight is 257 g/mol. The number of hydrogen-bond donors (Lipinski definition) is 0. The molecule has 1 aromatic heterocycles. The molecule has 0 saturated heterocycles. The van der Waals surface area contributed by atoms with E-state index in [-0.39, 0.29) is 5.43 Å². The lowest BCUT2D eigenvalue weighted by molar-refractivity contribution is 0.619. The molecule has 0 aliphatic rings. The van der Waals surface area contributed by atoms with Crippen LogP contribution in [-0.4, -0.2) is 0 Å². The van der Waals surface area contributed by atoms with Gasteiger partial charge in [-0.05, 0) is 12.1 Å². The van der Waals surface area contributed by atoms with Crippen molar-refractivity contribution in [2.24, 2.45) is 0 Å². The molecule has 0 bridgehead atoms. The molecule has 0 aliphatic carbocycles. The zero-order chi connectivity index (χ0) is 12.5. The summed E-state index contributed by atoms with van der Waals surface area (Å²) in [6.07, 6.45) is 0. The predicted molar refractivity (Wildman–Crippen MR) is 72.9 cm³/mol. The van der Waals surface area contributed by atoms with Gasteiger partial charge in [0.25, 0.3) is 0 Å². The van der Waals surface area contributed by atoms with E-state index in [9.17, 15) is 4.79 Å². The second-order valence-corrected chi connectivity index (χ2v) is 4.42. The molecule has 3 aromatic rings. The Morgan fingerprint density at radius 2 is 1.72 bits per heavy atom. The quantitative estimate of drug-likeness (QED) is 0.656. The van der Waals surface area contributed by atoms with Gasteiger partial charge in [-0.2, -0.15) is 0 Å². The van der Waals surface area contributed by atoms with Crippen LogP contribution in [0.4, 0.5) is 0 Å². The minimum atomic E-state index is -0.0632. The molecule has 0 unspecified atom stereocenters. The highest BCUT2D eigenvalue weighted by atomic mass is 35.5. The van der Waals surface area contributed by atoms with Crippen LogP contribution in [0.3, 0.4) is 0 Å². The first-order valence-corrected chi connectivity index (χ1v) is 5.91. The van der Waals surface area contributed by atoms with Crippen molar-refractivity contribution in [3.63, 3.8) is 0 Å². The van der Waals surface area contributed by atoms with Gasteiger partial charge in [-0.25, -0.2) is 0 Å². The first kappa shape index (κ1) is 11.1. The fraction of sp³-hybridized carbons (Fsp3) is 0. The van der Waals surface area contributed by atoms with Crippen LogP contribution in [0.5, 0.6) is 0 Å². The third-order valence-corrected chi connectivity index (χ3v) is 2.98. The van der Waals surface area contributed by atoms with Crippen LogP contribution in [0.2, 0.25) is 5.02 Å². The van der Waals surface area contributed by atoms with Gasteiger partial charge in [0.05, 0.1) is 5.39 Å². The standard InChI is InChI=1S/C15H9ClO2/c16-11-6-7-12-13(17)9-14(18-15(12)8-11)10-4-2-1-3-5-10/h1-9H. The summed E-state index contributed by atoms with van der Waals surface area (Å²) in [7, 11) is 0. The van der Waals surface area contributed by atoms with Crippen molar-refractivity contribution in [1.29, 1.82) is 0 Å². The monoisotopic (exact) mass is 256 g/mol. The summed E-state index contributed by atoms with van der Waals surface area (Å²) in [5, 5.41) is 1.09. The zero-order valence-electron chi connectivity index (χ0n) is 9.39. The molecule has 0 amide bonds. The minimum absolute atomic E-state index is 0.0632. The van der Waals surface area contributed by atoms with E-state index in [4.69, 9.17) is 16.0 Å². The zero-order valence-corrected chi connectivity index (χ0v) is 10.1. The van der Waals surface area contributed by atoms with E-state index >= 15 is 0 Å². The van der Waals surface area contributed by atoms with Crippen molar-refractivity contribution < 1.29 is 4.42 Å². The lowest BCUT2D eigenvalue weighted by Gasteiger charge is -2.03. The highest BCUT2D eigenvalue weighted by Gasteiger charge is 2.06. The third kappa shape index (κ3) is 1.91. The molecule has 18 heavy (non-hydrogen) atoms. The normalized spacial score (nSPS) is 10.7. The number of benzene rings is 2. The average Bonchev–Trinajstić information content (AvgIpc) is 2.39. The number of hydrogen-bond acceptors (Lipinski definition) is 2. The minimum Gasteiger partial charge on any atom is -0.456 e. The van der Waals surface area contributed by atoms with Gasteiger partial charge in [0.1, 0.15) is 11.3 Å². The molecule has 2 aromatic carbocycles. The van der Waals surface area contributed by atoms with Crippen LogP contribution in [0, 0.1) is 0 Å². The molecule has 0 saturated carbocycles. The van der Waals surface area contributed by atoms with Crippen molar-refractivity contribution in [1.82, 2.24) is 0 Å². The lowest BCUT2D eigenvalue weighted by Crippen LogP contribution is -1.99. The van der Waals surface area contributed by atoms with Crippen molar-refractivity contribution in [3.05, 3.63) is 69.8 Å². The SMILES string of the molecule is O=c1cc(-c2ccccc2)oc2cc(Cl)ccc12. The summed E-state index contributed by atoms with van der Waals surface area (Å²) in [4.78, 5) is 12.0. The summed E-state index contributed by atoms with van der Waals surface area (Å²) in [6, 6.07) is 16.0. The smallest absolute Gasteiger partial charge is 0.193 e.